The molecule has 152 valence electrons. The van der Waals surface area contributed by atoms with Crippen LogP contribution in [0.1, 0.15) is 21.8 Å². The summed E-state index contributed by atoms with van der Waals surface area (Å²) < 4.78 is 29.6. The molecule has 0 aliphatic rings. The number of aryl methyl sites for hydroxylation is 1. The van der Waals surface area contributed by atoms with Crippen LogP contribution in [0, 0.1) is 6.92 Å². The van der Waals surface area contributed by atoms with E-state index in [1.54, 1.807) is 31.3 Å². The third kappa shape index (κ3) is 4.80. The molecule has 0 bridgehead atoms. The summed E-state index contributed by atoms with van der Waals surface area (Å²) in [5, 5.41) is 3.97. The lowest BCUT2D eigenvalue weighted by Gasteiger charge is -2.18. The van der Waals surface area contributed by atoms with Crippen LogP contribution in [0.4, 0.5) is 5.69 Å². The van der Waals surface area contributed by atoms with Crippen molar-refractivity contribution in [2.75, 3.05) is 24.7 Å². The number of hydrogen-bond acceptors (Lipinski definition) is 6. The van der Waals surface area contributed by atoms with Gasteiger partial charge in [0.05, 0.1) is 18.5 Å². The molecule has 29 heavy (non-hydrogen) atoms. The fraction of sp³-hybridized carbons (Fsp3) is 0.250. The van der Waals surface area contributed by atoms with Gasteiger partial charge in [0, 0.05) is 25.2 Å². The number of nitrogens with zero attached hydrogens (tertiary/aromatic N) is 4. The summed E-state index contributed by atoms with van der Waals surface area (Å²) in [7, 11) is -0.267. The molecule has 0 radical (unpaired) electrons. The maximum atomic E-state index is 12.6. The SMILES string of the molecule is Cc1ccc(-c2noc(CN(C)C(=O)c3ccc(N(C)S(C)(=O)=O)cc3)n2)cc1. The lowest BCUT2D eigenvalue weighted by molar-refractivity contribution is 0.0769. The molecular formula is C20H22N4O4S. The smallest absolute Gasteiger partial charge is 0.254 e. The number of aromatic nitrogens is 2. The molecule has 0 saturated carbocycles. The molecule has 1 heterocycles. The number of amides is 1. The number of sulfonamides is 1. The van der Waals surface area contributed by atoms with Crippen LogP contribution < -0.4 is 4.31 Å². The summed E-state index contributed by atoms with van der Waals surface area (Å²) in [6, 6.07) is 14.1. The first-order valence-corrected chi connectivity index (χ1v) is 10.7. The third-order valence-electron chi connectivity index (χ3n) is 4.47. The van der Waals surface area contributed by atoms with Crippen LogP contribution in [0.5, 0.6) is 0 Å². The van der Waals surface area contributed by atoms with E-state index in [1.165, 1.54) is 11.9 Å². The van der Waals surface area contributed by atoms with Gasteiger partial charge in [-0.3, -0.25) is 9.10 Å². The maximum absolute atomic E-state index is 12.6. The van der Waals surface area contributed by atoms with Crippen LogP contribution >= 0.6 is 0 Å². The predicted octanol–water partition coefficient (Wildman–Crippen LogP) is 2.71. The van der Waals surface area contributed by atoms with Gasteiger partial charge < -0.3 is 9.42 Å². The molecule has 3 aromatic rings. The number of carbonyl (C=O) groups is 1. The van der Waals surface area contributed by atoms with Gasteiger partial charge in [0.15, 0.2) is 0 Å². The van der Waals surface area contributed by atoms with Crippen LogP contribution in [-0.2, 0) is 16.6 Å². The zero-order valence-corrected chi connectivity index (χ0v) is 17.5. The van der Waals surface area contributed by atoms with Crippen LogP contribution in [-0.4, -0.2) is 49.7 Å². The van der Waals surface area contributed by atoms with Gasteiger partial charge >= 0.3 is 0 Å². The van der Waals surface area contributed by atoms with Gasteiger partial charge in [0.2, 0.25) is 21.7 Å². The van der Waals surface area contributed by atoms with Crippen LogP contribution in [0.3, 0.4) is 0 Å². The minimum absolute atomic E-state index is 0.155. The highest BCUT2D eigenvalue weighted by Gasteiger charge is 2.17. The van der Waals surface area contributed by atoms with E-state index in [2.05, 4.69) is 10.1 Å². The molecule has 1 amide bonds. The highest BCUT2D eigenvalue weighted by atomic mass is 32.2. The van der Waals surface area contributed by atoms with E-state index in [4.69, 9.17) is 4.52 Å². The molecular weight excluding hydrogens is 392 g/mol. The quantitative estimate of drug-likeness (QED) is 0.615. The molecule has 0 aliphatic heterocycles. The average Bonchev–Trinajstić information content (AvgIpc) is 3.15. The second-order valence-corrected chi connectivity index (χ2v) is 8.83. The molecule has 0 spiro atoms. The summed E-state index contributed by atoms with van der Waals surface area (Å²) in [5.41, 5.74) is 2.88. The van der Waals surface area contributed by atoms with Gasteiger partial charge in [-0.25, -0.2) is 8.42 Å². The minimum Gasteiger partial charge on any atom is -0.337 e. The number of carbonyl (C=O) groups excluding carboxylic acids is 1. The van der Waals surface area contributed by atoms with E-state index in [0.29, 0.717) is 23.0 Å². The Kier molecular flexibility index (Phi) is 5.69. The van der Waals surface area contributed by atoms with E-state index in [0.717, 1.165) is 21.7 Å². The Balaban J connectivity index is 1.69. The fourth-order valence-electron chi connectivity index (χ4n) is 2.64. The average molecular weight is 414 g/mol. The number of anilines is 1. The normalized spacial score (nSPS) is 11.3. The van der Waals surface area contributed by atoms with Gasteiger partial charge in [-0.2, -0.15) is 4.98 Å². The zero-order chi connectivity index (χ0) is 21.2. The Bertz CT molecular complexity index is 1110. The van der Waals surface area contributed by atoms with Crippen LogP contribution in [0.15, 0.2) is 53.1 Å². The molecule has 0 atom stereocenters. The van der Waals surface area contributed by atoms with Gasteiger partial charge in [0.1, 0.15) is 0 Å². The van der Waals surface area contributed by atoms with Crippen molar-refractivity contribution in [3.05, 3.63) is 65.5 Å². The summed E-state index contributed by atoms with van der Waals surface area (Å²) in [6.45, 7) is 2.15. The summed E-state index contributed by atoms with van der Waals surface area (Å²) in [5.74, 6) is 0.549. The van der Waals surface area contributed by atoms with Crippen molar-refractivity contribution < 1.29 is 17.7 Å². The van der Waals surface area contributed by atoms with Crippen molar-refractivity contribution in [3.63, 3.8) is 0 Å². The lowest BCUT2D eigenvalue weighted by Crippen LogP contribution is -2.27. The summed E-state index contributed by atoms with van der Waals surface area (Å²) in [6.07, 6.45) is 1.12. The van der Waals surface area contributed by atoms with Crippen molar-refractivity contribution in [1.29, 1.82) is 0 Å². The van der Waals surface area contributed by atoms with Crippen molar-refractivity contribution in [2.45, 2.75) is 13.5 Å². The Morgan fingerprint density at radius 3 is 2.24 bits per heavy atom. The first-order valence-electron chi connectivity index (χ1n) is 8.84. The van der Waals surface area contributed by atoms with E-state index in [9.17, 15) is 13.2 Å². The lowest BCUT2D eigenvalue weighted by atomic mass is 10.1. The van der Waals surface area contributed by atoms with Crippen molar-refractivity contribution in [1.82, 2.24) is 15.0 Å². The Hall–Kier alpha value is -3.20. The monoisotopic (exact) mass is 414 g/mol. The third-order valence-corrected chi connectivity index (χ3v) is 5.68. The van der Waals surface area contributed by atoms with Crippen molar-refractivity contribution in [3.8, 4) is 11.4 Å². The molecule has 3 rings (SSSR count). The standard InChI is InChI=1S/C20H22N4O4S/c1-14-5-7-15(8-6-14)19-21-18(28-22-19)13-23(2)20(25)16-9-11-17(12-10-16)24(3)29(4,26)27/h5-12H,13H2,1-4H3. The van der Waals surface area contributed by atoms with E-state index in [1.807, 2.05) is 31.2 Å². The molecule has 0 saturated heterocycles. The van der Waals surface area contributed by atoms with E-state index >= 15 is 0 Å². The molecule has 0 N–H and O–H groups in total. The van der Waals surface area contributed by atoms with E-state index < -0.39 is 10.0 Å². The number of rotatable bonds is 6. The Morgan fingerprint density at radius 1 is 1.03 bits per heavy atom. The van der Waals surface area contributed by atoms with Gasteiger partial charge in [0.25, 0.3) is 5.91 Å². The van der Waals surface area contributed by atoms with Gasteiger partial charge in [-0.05, 0) is 31.2 Å². The molecule has 8 nitrogen and oxygen atoms in total. The summed E-state index contributed by atoms with van der Waals surface area (Å²) >= 11 is 0. The molecule has 2 aromatic carbocycles. The largest absolute Gasteiger partial charge is 0.337 e. The fourth-order valence-corrected chi connectivity index (χ4v) is 3.14. The second-order valence-electron chi connectivity index (χ2n) is 6.82. The van der Waals surface area contributed by atoms with E-state index in [-0.39, 0.29) is 12.5 Å². The van der Waals surface area contributed by atoms with Crippen molar-refractivity contribution in [2.24, 2.45) is 0 Å². The van der Waals surface area contributed by atoms with Crippen LogP contribution in [0.2, 0.25) is 0 Å². The first-order chi connectivity index (χ1) is 13.6. The molecule has 0 fully saturated rings. The predicted molar refractivity (Wildman–Crippen MR) is 110 cm³/mol. The molecule has 1 aromatic heterocycles. The number of hydrogen-bond donors (Lipinski definition) is 0. The van der Waals surface area contributed by atoms with Crippen molar-refractivity contribution >= 4 is 21.6 Å². The minimum atomic E-state index is -3.36. The van der Waals surface area contributed by atoms with Gasteiger partial charge in [-0.15, -0.1) is 0 Å². The zero-order valence-electron chi connectivity index (χ0n) is 16.7. The second kappa shape index (κ2) is 8.04. The summed E-state index contributed by atoms with van der Waals surface area (Å²) in [4.78, 5) is 18.5. The maximum Gasteiger partial charge on any atom is 0.254 e. The Labute approximate surface area is 169 Å². The Morgan fingerprint density at radius 2 is 1.66 bits per heavy atom. The number of benzene rings is 2. The van der Waals surface area contributed by atoms with Crippen LogP contribution in [0.25, 0.3) is 11.4 Å². The highest BCUT2D eigenvalue weighted by Crippen LogP contribution is 2.19. The molecule has 0 unspecified atom stereocenters. The first kappa shape index (κ1) is 20.5. The highest BCUT2D eigenvalue weighted by molar-refractivity contribution is 7.92. The van der Waals surface area contributed by atoms with Gasteiger partial charge in [-0.1, -0.05) is 35.0 Å². The molecule has 9 heteroatoms. The molecule has 0 aliphatic carbocycles. The topological polar surface area (TPSA) is 96.6 Å².